The van der Waals surface area contributed by atoms with Crippen molar-refractivity contribution in [1.82, 2.24) is 9.78 Å². The van der Waals surface area contributed by atoms with Crippen molar-refractivity contribution in [3.05, 3.63) is 28.6 Å². The van der Waals surface area contributed by atoms with Crippen molar-refractivity contribution in [2.24, 2.45) is 0 Å². The summed E-state index contributed by atoms with van der Waals surface area (Å²) in [4.78, 5) is 11.5. The Morgan fingerprint density at radius 3 is 3.12 bits per heavy atom. The number of rotatable bonds is 3. The highest BCUT2D eigenvalue weighted by Crippen LogP contribution is 2.22. The first-order chi connectivity index (χ1) is 8.26. The Labute approximate surface area is 103 Å². The monoisotopic (exact) mass is 246 g/mol. The lowest BCUT2D eigenvalue weighted by atomic mass is 10.2. The molecule has 0 aromatic carbocycles. The number of hydrogen-bond acceptors (Lipinski definition) is 4. The molecular formula is C12H10N2O2S. The van der Waals surface area contributed by atoms with E-state index >= 15 is 0 Å². The first kappa shape index (κ1) is 11.4. The molecule has 86 valence electrons. The summed E-state index contributed by atoms with van der Waals surface area (Å²) in [6.45, 7) is 0.245. The lowest BCUT2D eigenvalue weighted by Crippen LogP contribution is -2.11. The molecule has 0 aliphatic carbocycles. The van der Waals surface area contributed by atoms with E-state index in [0.29, 0.717) is 5.69 Å². The van der Waals surface area contributed by atoms with E-state index in [0.717, 1.165) is 11.3 Å². The SMILES string of the molecule is C#CCn1nc(-c2ccsc2)cc1C(=O)OC. The summed E-state index contributed by atoms with van der Waals surface area (Å²) < 4.78 is 6.16. The number of aromatic nitrogens is 2. The van der Waals surface area contributed by atoms with Crippen LogP contribution in [-0.4, -0.2) is 22.9 Å². The number of thiophene rings is 1. The van der Waals surface area contributed by atoms with Crippen LogP contribution in [0.25, 0.3) is 11.3 Å². The minimum absolute atomic E-state index is 0.245. The zero-order valence-corrected chi connectivity index (χ0v) is 10.0. The van der Waals surface area contributed by atoms with Crippen LogP contribution < -0.4 is 0 Å². The van der Waals surface area contributed by atoms with Crippen LogP contribution in [0.4, 0.5) is 0 Å². The molecule has 0 amide bonds. The first-order valence-electron chi connectivity index (χ1n) is 4.88. The van der Waals surface area contributed by atoms with E-state index in [4.69, 9.17) is 6.42 Å². The summed E-state index contributed by atoms with van der Waals surface area (Å²) in [7, 11) is 1.33. The number of carbonyl (C=O) groups is 1. The van der Waals surface area contributed by atoms with Crippen LogP contribution in [0.1, 0.15) is 10.5 Å². The number of carbonyl (C=O) groups excluding carboxylic acids is 1. The second kappa shape index (κ2) is 4.85. The topological polar surface area (TPSA) is 44.1 Å². The Bertz CT molecular complexity index is 564. The lowest BCUT2D eigenvalue weighted by Gasteiger charge is -2.00. The fourth-order valence-corrected chi connectivity index (χ4v) is 2.09. The van der Waals surface area contributed by atoms with Gasteiger partial charge in [-0.15, -0.1) is 6.42 Å². The third kappa shape index (κ3) is 2.22. The molecule has 0 spiro atoms. The van der Waals surface area contributed by atoms with E-state index in [-0.39, 0.29) is 6.54 Å². The molecule has 0 fully saturated rings. The van der Waals surface area contributed by atoms with Gasteiger partial charge in [0.2, 0.25) is 0 Å². The van der Waals surface area contributed by atoms with Crippen LogP contribution in [0.5, 0.6) is 0 Å². The number of methoxy groups -OCH3 is 1. The van der Waals surface area contributed by atoms with E-state index in [2.05, 4.69) is 15.8 Å². The normalized spacial score (nSPS) is 9.88. The number of ether oxygens (including phenoxy) is 1. The molecule has 2 rings (SSSR count). The van der Waals surface area contributed by atoms with Crippen LogP contribution in [0, 0.1) is 12.3 Å². The molecule has 0 saturated heterocycles. The highest BCUT2D eigenvalue weighted by molar-refractivity contribution is 7.08. The molecule has 5 heteroatoms. The molecule has 2 heterocycles. The summed E-state index contributed by atoms with van der Waals surface area (Å²) >= 11 is 1.57. The molecular weight excluding hydrogens is 236 g/mol. The number of nitrogens with zero attached hydrogens (tertiary/aromatic N) is 2. The lowest BCUT2D eigenvalue weighted by molar-refractivity contribution is 0.0587. The smallest absolute Gasteiger partial charge is 0.356 e. The standard InChI is InChI=1S/C12H10N2O2S/c1-3-5-14-11(12(15)16-2)7-10(13-14)9-4-6-17-8-9/h1,4,6-8H,5H2,2H3. The molecule has 2 aromatic heterocycles. The van der Waals surface area contributed by atoms with E-state index in [1.54, 1.807) is 17.4 Å². The molecule has 0 saturated carbocycles. The van der Waals surface area contributed by atoms with Crippen LogP contribution in [0.3, 0.4) is 0 Å². The van der Waals surface area contributed by atoms with Gasteiger partial charge in [0.05, 0.1) is 12.8 Å². The van der Waals surface area contributed by atoms with E-state index in [9.17, 15) is 4.79 Å². The first-order valence-corrected chi connectivity index (χ1v) is 5.82. The minimum atomic E-state index is -0.436. The molecule has 4 nitrogen and oxygen atoms in total. The molecule has 0 atom stereocenters. The summed E-state index contributed by atoms with van der Waals surface area (Å²) in [5.74, 6) is 2.02. The van der Waals surface area contributed by atoms with Crippen molar-refractivity contribution in [2.75, 3.05) is 7.11 Å². The Morgan fingerprint density at radius 2 is 2.53 bits per heavy atom. The predicted octanol–water partition coefficient (Wildman–Crippen LogP) is 2.03. The summed E-state index contributed by atoms with van der Waals surface area (Å²) in [6.07, 6.45) is 5.24. The maximum atomic E-state index is 11.5. The fraction of sp³-hybridized carbons (Fsp3) is 0.167. The predicted molar refractivity (Wildman–Crippen MR) is 65.7 cm³/mol. The highest BCUT2D eigenvalue weighted by atomic mass is 32.1. The quantitative estimate of drug-likeness (QED) is 0.615. The summed E-state index contributed by atoms with van der Waals surface area (Å²) in [5, 5.41) is 8.21. The van der Waals surface area contributed by atoms with E-state index < -0.39 is 5.97 Å². The third-order valence-corrected chi connectivity index (χ3v) is 2.92. The van der Waals surface area contributed by atoms with Gasteiger partial charge in [-0.2, -0.15) is 16.4 Å². The van der Waals surface area contributed by atoms with Gasteiger partial charge < -0.3 is 4.74 Å². The Hall–Kier alpha value is -2.06. The van der Waals surface area contributed by atoms with Gasteiger partial charge in [-0.25, -0.2) is 9.48 Å². The molecule has 0 aliphatic heterocycles. The maximum absolute atomic E-state index is 11.5. The Balaban J connectivity index is 2.45. The zero-order chi connectivity index (χ0) is 12.3. The minimum Gasteiger partial charge on any atom is -0.464 e. The van der Waals surface area contributed by atoms with Crippen molar-refractivity contribution < 1.29 is 9.53 Å². The van der Waals surface area contributed by atoms with Gasteiger partial charge in [0, 0.05) is 10.9 Å². The zero-order valence-electron chi connectivity index (χ0n) is 9.21. The highest BCUT2D eigenvalue weighted by Gasteiger charge is 2.16. The summed E-state index contributed by atoms with van der Waals surface area (Å²) in [6, 6.07) is 3.62. The van der Waals surface area contributed by atoms with Gasteiger partial charge in [-0.05, 0) is 17.5 Å². The molecule has 17 heavy (non-hydrogen) atoms. The molecule has 0 radical (unpaired) electrons. The van der Waals surface area contributed by atoms with Crippen LogP contribution in [-0.2, 0) is 11.3 Å². The largest absolute Gasteiger partial charge is 0.464 e. The van der Waals surface area contributed by atoms with Gasteiger partial charge in [0.1, 0.15) is 12.2 Å². The summed E-state index contributed by atoms with van der Waals surface area (Å²) in [5.41, 5.74) is 2.06. The van der Waals surface area contributed by atoms with Gasteiger partial charge in [-0.3, -0.25) is 0 Å². The van der Waals surface area contributed by atoms with E-state index in [1.807, 2.05) is 16.8 Å². The average Bonchev–Trinajstić information content (AvgIpc) is 2.96. The Kier molecular flexibility index (Phi) is 3.26. The van der Waals surface area contributed by atoms with Crippen LogP contribution in [0.15, 0.2) is 22.9 Å². The van der Waals surface area contributed by atoms with Gasteiger partial charge in [0.15, 0.2) is 0 Å². The molecule has 0 aliphatic rings. The maximum Gasteiger partial charge on any atom is 0.356 e. The van der Waals surface area contributed by atoms with Crippen molar-refractivity contribution in [2.45, 2.75) is 6.54 Å². The number of esters is 1. The van der Waals surface area contributed by atoms with Crippen LogP contribution >= 0.6 is 11.3 Å². The van der Waals surface area contributed by atoms with Gasteiger partial charge in [0.25, 0.3) is 0 Å². The molecule has 2 aromatic rings. The average molecular weight is 246 g/mol. The van der Waals surface area contributed by atoms with Crippen molar-refractivity contribution >= 4 is 17.3 Å². The van der Waals surface area contributed by atoms with Gasteiger partial charge >= 0.3 is 5.97 Å². The fourth-order valence-electron chi connectivity index (χ4n) is 1.44. The van der Waals surface area contributed by atoms with Crippen LogP contribution in [0.2, 0.25) is 0 Å². The van der Waals surface area contributed by atoms with Crippen molar-refractivity contribution in [3.63, 3.8) is 0 Å². The second-order valence-corrected chi connectivity index (χ2v) is 4.06. The number of terminal acetylenes is 1. The van der Waals surface area contributed by atoms with Gasteiger partial charge in [-0.1, -0.05) is 5.92 Å². The third-order valence-electron chi connectivity index (χ3n) is 2.23. The van der Waals surface area contributed by atoms with Crippen molar-refractivity contribution in [1.29, 1.82) is 0 Å². The molecule has 0 N–H and O–H groups in total. The molecule has 0 bridgehead atoms. The second-order valence-electron chi connectivity index (χ2n) is 3.28. The number of hydrogen-bond donors (Lipinski definition) is 0. The molecule has 0 unspecified atom stereocenters. The van der Waals surface area contributed by atoms with Crippen molar-refractivity contribution in [3.8, 4) is 23.6 Å². The Morgan fingerprint density at radius 1 is 1.71 bits per heavy atom. The van der Waals surface area contributed by atoms with E-state index in [1.165, 1.54) is 11.8 Å².